The number of fused-ring (bicyclic) bond motifs is 6. The Labute approximate surface area is 217 Å². The van der Waals surface area contributed by atoms with Gasteiger partial charge < -0.3 is 19.7 Å². The Morgan fingerprint density at radius 3 is 2.38 bits per heavy atom. The van der Waals surface area contributed by atoms with Crippen molar-refractivity contribution in [3.8, 4) is 11.5 Å². The summed E-state index contributed by atoms with van der Waals surface area (Å²) >= 11 is 0. The van der Waals surface area contributed by atoms with E-state index >= 15 is 0 Å². The van der Waals surface area contributed by atoms with Crippen LogP contribution in [0.4, 0.5) is 17.1 Å². The van der Waals surface area contributed by atoms with E-state index in [-0.39, 0.29) is 5.97 Å². The van der Waals surface area contributed by atoms with Gasteiger partial charge in [-0.1, -0.05) is 43.3 Å². The van der Waals surface area contributed by atoms with E-state index in [0.717, 1.165) is 46.7 Å². The quantitative estimate of drug-likeness (QED) is 0.282. The highest BCUT2D eigenvalue weighted by Crippen LogP contribution is 2.57. The largest absolute Gasteiger partial charge is 0.456 e. The highest BCUT2D eigenvalue weighted by Gasteiger charge is 2.53. The molecule has 37 heavy (non-hydrogen) atoms. The first-order valence-electron chi connectivity index (χ1n) is 12.9. The molecule has 0 saturated heterocycles. The number of nitrogens with one attached hydrogen (secondary N) is 1. The van der Waals surface area contributed by atoms with Crippen molar-refractivity contribution in [2.45, 2.75) is 38.8 Å². The van der Waals surface area contributed by atoms with E-state index in [9.17, 15) is 4.79 Å². The summed E-state index contributed by atoms with van der Waals surface area (Å²) in [6, 6.07) is 30.3. The molecule has 0 saturated carbocycles. The van der Waals surface area contributed by atoms with Crippen molar-refractivity contribution in [2.75, 3.05) is 16.8 Å². The van der Waals surface area contributed by atoms with Crippen LogP contribution in [0.3, 0.4) is 0 Å². The summed E-state index contributed by atoms with van der Waals surface area (Å²) in [6.07, 6.45) is 1.04. The number of hydrogen-bond donors (Lipinski definition) is 1. The van der Waals surface area contributed by atoms with Crippen LogP contribution in [0, 0.1) is 0 Å². The molecule has 4 aromatic carbocycles. The highest BCUT2D eigenvalue weighted by molar-refractivity contribution is 5.97. The molecule has 2 aliphatic rings. The van der Waals surface area contributed by atoms with Gasteiger partial charge in [0.15, 0.2) is 5.60 Å². The van der Waals surface area contributed by atoms with E-state index in [4.69, 9.17) is 9.47 Å². The fourth-order valence-corrected chi connectivity index (χ4v) is 5.57. The molecule has 2 atom stereocenters. The van der Waals surface area contributed by atoms with Crippen LogP contribution in [0.15, 0.2) is 91.0 Å². The third kappa shape index (κ3) is 3.65. The van der Waals surface area contributed by atoms with Gasteiger partial charge in [-0.25, -0.2) is 4.79 Å². The number of anilines is 3. The number of carbonyl (C=O) groups is 1. The summed E-state index contributed by atoms with van der Waals surface area (Å²) in [6.45, 7) is 7.49. The molecule has 4 aromatic rings. The van der Waals surface area contributed by atoms with E-state index in [1.54, 1.807) is 0 Å². The van der Waals surface area contributed by atoms with Crippen LogP contribution >= 0.6 is 0 Å². The number of nitrogens with zero attached hydrogens (tertiary/aromatic N) is 1. The van der Waals surface area contributed by atoms with Crippen molar-refractivity contribution in [3.63, 3.8) is 0 Å². The van der Waals surface area contributed by atoms with Crippen LogP contribution in [0.1, 0.15) is 54.2 Å². The third-order valence-electron chi connectivity index (χ3n) is 7.55. The number of ether oxygens (including phenoxy) is 2. The lowest BCUT2D eigenvalue weighted by Crippen LogP contribution is -2.34. The lowest BCUT2D eigenvalue weighted by molar-refractivity contribution is 0.0224. The van der Waals surface area contributed by atoms with E-state index < -0.39 is 5.60 Å². The van der Waals surface area contributed by atoms with Gasteiger partial charge in [-0.3, -0.25) is 0 Å². The Kier molecular flexibility index (Phi) is 5.64. The summed E-state index contributed by atoms with van der Waals surface area (Å²) < 4.78 is 12.9. The summed E-state index contributed by atoms with van der Waals surface area (Å²) in [7, 11) is 0. The van der Waals surface area contributed by atoms with Crippen molar-refractivity contribution in [3.05, 3.63) is 113 Å². The molecule has 2 heterocycles. The fourth-order valence-electron chi connectivity index (χ4n) is 5.57. The molecule has 1 spiro atoms. The first-order chi connectivity index (χ1) is 18.0. The van der Waals surface area contributed by atoms with Crippen molar-refractivity contribution < 1.29 is 14.3 Å². The number of hydrogen-bond acceptors (Lipinski definition) is 5. The zero-order valence-electron chi connectivity index (χ0n) is 21.3. The normalized spacial score (nSPS) is 17.8. The average Bonchev–Trinajstić information content (AvgIpc) is 3.23. The molecule has 2 unspecified atom stereocenters. The standard InChI is InChI=1S/C32H30N2O3/c1-4-21(3)34(5-2)24-16-17-27-30(20-24)36-29-18-15-23(33-22-11-7-6-8-12-22)19-28(29)32(27)26-14-10-9-13-25(26)31(35)37-32/h6-21,33H,4-5H2,1-3H3. The van der Waals surface area contributed by atoms with Crippen LogP contribution in [0.2, 0.25) is 0 Å². The Balaban J connectivity index is 1.54. The maximum Gasteiger partial charge on any atom is 0.340 e. The Hall–Kier alpha value is -4.25. The van der Waals surface area contributed by atoms with Gasteiger partial charge in [0.1, 0.15) is 11.5 Å². The average molecular weight is 491 g/mol. The molecule has 5 nitrogen and oxygen atoms in total. The smallest absolute Gasteiger partial charge is 0.340 e. The van der Waals surface area contributed by atoms with Crippen LogP contribution in [0.25, 0.3) is 0 Å². The Morgan fingerprint density at radius 1 is 0.811 bits per heavy atom. The van der Waals surface area contributed by atoms with Crippen LogP contribution < -0.4 is 15.0 Å². The second kappa shape index (κ2) is 9.00. The second-order valence-electron chi connectivity index (χ2n) is 9.64. The molecule has 186 valence electrons. The topological polar surface area (TPSA) is 50.8 Å². The SMILES string of the molecule is CCC(C)N(CC)c1ccc2c(c1)Oc1ccc(Nc3ccccc3)cc1C21OC(=O)c2ccccc21. The molecular weight excluding hydrogens is 460 g/mol. The maximum atomic E-state index is 13.2. The molecule has 0 fully saturated rings. The third-order valence-corrected chi connectivity index (χ3v) is 7.55. The Morgan fingerprint density at radius 2 is 1.59 bits per heavy atom. The number of rotatable bonds is 6. The van der Waals surface area contributed by atoms with E-state index in [1.165, 1.54) is 0 Å². The predicted molar refractivity (Wildman–Crippen MR) is 147 cm³/mol. The summed E-state index contributed by atoms with van der Waals surface area (Å²) in [5.41, 5.74) is 4.94. The van der Waals surface area contributed by atoms with Crippen molar-refractivity contribution >= 4 is 23.0 Å². The summed E-state index contributed by atoms with van der Waals surface area (Å²) in [4.78, 5) is 15.6. The van der Waals surface area contributed by atoms with Gasteiger partial charge in [-0.2, -0.15) is 0 Å². The number of para-hydroxylation sites is 1. The predicted octanol–water partition coefficient (Wildman–Crippen LogP) is 7.62. The Bertz CT molecular complexity index is 1480. The zero-order valence-corrected chi connectivity index (χ0v) is 21.3. The fraction of sp³-hybridized carbons (Fsp3) is 0.219. The molecule has 0 amide bonds. The van der Waals surface area contributed by atoms with Crippen LogP contribution in [0.5, 0.6) is 11.5 Å². The first-order valence-corrected chi connectivity index (χ1v) is 12.9. The molecule has 0 aliphatic carbocycles. The van der Waals surface area contributed by atoms with E-state index in [1.807, 2.05) is 72.8 Å². The van der Waals surface area contributed by atoms with Gasteiger partial charge in [0.25, 0.3) is 0 Å². The minimum Gasteiger partial charge on any atom is -0.456 e. The molecular formula is C32H30N2O3. The first kappa shape index (κ1) is 23.2. The molecule has 2 aliphatic heterocycles. The monoisotopic (exact) mass is 490 g/mol. The van der Waals surface area contributed by atoms with Crippen LogP contribution in [-0.4, -0.2) is 18.6 Å². The second-order valence-corrected chi connectivity index (χ2v) is 9.64. The van der Waals surface area contributed by atoms with Crippen LogP contribution in [-0.2, 0) is 10.3 Å². The molecule has 0 aromatic heterocycles. The van der Waals surface area contributed by atoms with Gasteiger partial charge in [0.2, 0.25) is 0 Å². The van der Waals surface area contributed by atoms with Crippen molar-refractivity contribution in [1.29, 1.82) is 0 Å². The number of esters is 1. The van der Waals surface area contributed by atoms with Gasteiger partial charge >= 0.3 is 5.97 Å². The minimum atomic E-state index is -1.09. The van der Waals surface area contributed by atoms with Gasteiger partial charge in [-0.15, -0.1) is 0 Å². The van der Waals surface area contributed by atoms with E-state index in [2.05, 4.69) is 49.2 Å². The van der Waals surface area contributed by atoms with Crippen molar-refractivity contribution in [1.82, 2.24) is 0 Å². The zero-order chi connectivity index (χ0) is 25.6. The molecule has 0 radical (unpaired) electrons. The lowest BCUT2D eigenvalue weighted by atomic mass is 9.77. The molecule has 1 N–H and O–H groups in total. The number of carbonyl (C=O) groups excluding carboxylic acids is 1. The molecule has 6 rings (SSSR count). The minimum absolute atomic E-state index is 0.324. The van der Waals surface area contributed by atoms with Gasteiger partial charge in [0, 0.05) is 52.4 Å². The summed E-state index contributed by atoms with van der Waals surface area (Å²) in [5.74, 6) is 1.06. The highest BCUT2D eigenvalue weighted by atomic mass is 16.6. The van der Waals surface area contributed by atoms with Gasteiger partial charge in [0.05, 0.1) is 5.56 Å². The molecule has 5 heteroatoms. The number of benzene rings is 4. The molecule has 0 bridgehead atoms. The van der Waals surface area contributed by atoms with Gasteiger partial charge in [-0.05, 0) is 68.8 Å². The van der Waals surface area contributed by atoms with Crippen molar-refractivity contribution in [2.24, 2.45) is 0 Å². The van der Waals surface area contributed by atoms with E-state index in [0.29, 0.717) is 23.1 Å². The lowest BCUT2D eigenvalue weighted by Gasteiger charge is -2.38. The maximum absolute atomic E-state index is 13.2. The summed E-state index contributed by atoms with van der Waals surface area (Å²) in [5, 5.41) is 3.47.